The number of aliphatic hydroxyl groups excluding tert-OH is 1. The van der Waals surface area contributed by atoms with E-state index in [1.807, 2.05) is 0 Å². The average molecular weight is 680 g/mol. The Morgan fingerprint density at radius 2 is 0.810 bits per heavy atom. The molecule has 4 nitrogen and oxygen atoms in total. The molecule has 1 atom stereocenters. The van der Waals surface area contributed by atoms with Gasteiger partial charge >= 0.3 is 65.4 Å². The molecule has 0 radical (unpaired) electrons. The van der Waals surface area contributed by atoms with Crippen molar-refractivity contribution in [2.75, 3.05) is 27.2 Å². The smallest absolute Gasteiger partial charge is 0.460 e. The van der Waals surface area contributed by atoms with Crippen molar-refractivity contribution in [1.29, 1.82) is 0 Å². The monoisotopic (exact) mass is 680 g/mol. The van der Waals surface area contributed by atoms with Crippen molar-refractivity contribution < 1.29 is 112 Å². The zero-order valence-electron chi connectivity index (χ0n) is 19.9. The van der Waals surface area contributed by atoms with Crippen LogP contribution in [0.2, 0.25) is 0 Å². The number of rotatable bonds is 14. The number of carboxylic acid groups (broad SMARTS) is 1. The lowest BCUT2D eigenvalue weighted by molar-refractivity contribution is -0.886. The van der Waals surface area contributed by atoms with E-state index in [-0.39, 0.29) is 0 Å². The van der Waals surface area contributed by atoms with Gasteiger partial charge in [0.05, 0.1) is 14.1 Å². The van der Waals surface area contributed by atoms with Gasteiger partial charge in [-0.25, -0.2) is 4.79 Å². The number of aliphatic carboxylic acids is 1. The molecule has 0 aromatic carbocycles. The highest BCUT2D eigenvalue weighted by Crippen LogP contribution is 2.66. The van der Waals surface area contributed by atoms with Gasteiger partial charge in [-0.15, -0.1) is 0 Å². The summed E-state index contributed by atoms with van der Waals surface area (Å²) in [6.45, 7) is -2.58. The molecule has 25 heteroatoms. The minimum absolute atomic E-state index is 0.747. The van der Waals surface area contributed by atoms with Crippen molar-refractivity contribution in [2.45, 2.75) is 72.0 Å². The molecule has 0 aromatic rings. The molecular weight excluding hydrogens is 665 g/mol. The molecule has 0 aliphatic heterocycles. The average Bonchev–Trinajstić information content (AvgIpc) is 2.69. The van der Waals surface area contributed by atoms with Crippen LogP contribution in [-0.2, 0) is 4.79 Å². The summed E-state index contributed by atoms with van der Waals surface area (Å²) in [5, 5.41) is 18.0. The summed E-state index contributed by atoms with van der Waals surface area (Å²) in [5.41, 5.74) is 0. The predicted octanol–water partition coefficient (Wildman–Crippen LogP) is 6.18. The van der Waals surface area contributed by atoms with Crippen LogP contribution in [0.5, 0.6) is 0 Å². The highest BCUT2D eigenvalue weighted by Gasteiger charge is 2.97. The van der Waals surface area contributed by atoms with Gasteiger partial charge in [-0.2, -0.15) is 92.2 Å². The number of aliphatic hydroxyl groups is 1. The molecule has 0 rings (SSSR count). The quantitative estimate of drug-likeness (QED) is 0.170. The number of hydrogen-bond acceptors (Lipinski definition) is 2. The number of quaternary nitrogens is 1. The summed E-state index contributed by atoms with van der Waals surface area (Å²) in [5.74, 6) is -79.8. The van der Waals surface area contributed by atoms with E-state index in [0.717, 1.165) is 14.1 Å². The van der Waals surface area contributed by atoms with Gasteiger partial charge in [0.25, 0.3) is 0 Å². The third kappa shape index (κ3) is 5.86. The van der Waals surface area contributed by atoms with E-state index >= 15 is 0 Å². The normalized spacial score (nSPS) is 17.0. The maximum Gasteiger partial charge on any atom is 0.460 e. The number of hydrogen-bond donors (Lipinski definition) is 2. The van der Waals surface area contributed by atoms with Gasteiger partial charge in [-0.3, -0.25) is 0 Å². The van der Waals surface area contributed by atoms with Crippen molar-refractivity contribution >= 4 is 5.97 Å². The van der Waals surface area contributed by atoms with E-state index in [0.29, 0.717) is 0 Å². The van der Waals surface area contributed by atoms with Crippen LogP contribution in [-0.4, -0.2) is 113 Å². The minimum Gasteiger partial charge on any atom is -0.477 e. The standard InChI is InChI=1S/C17H14F21NO3/c1-39(2,5-7(41)42)4-6(40)3-8(18,19)9(20,21)10(22,23)11(24,25)12(26,27)13(28,29)14(30,31)15(32,33)16(34,35)17(36,37)38/h6,40H,3-5H2,1-2H3/p+1. The lowest BCUT2D eigenvalue weighted by Crippen LogP contribution is -2.76. The van der Waals surface area contributed by atoms with E-state index in [9.17, 15) is 102 Å². The third-order valence-electron chi connectivity index (χ3n) is 5.34. The molecule has 252 valence electrons. The zero-order valence-corrected chi connectivity index (χ0v) is 19.9. The summed E-state index contributed by atoms with van der Waals surface area (Å²) >= 11 is 0. The highest BCUT2D eigenvalue weighted by molar-refractivity contribution is 5.67. The molecule has 0 saturated heterocycles. The van der Waals surface area contributed by atoms with Gasteiger partial charge in [0.2, 0.25) is 0 Å². The summed E-state index contributed by atoms with van der Waals surface area (Å²) in [6.07, 6.45) is -14.4. The van der Waals surface area contributed by atoms with Crippen LogP contribution < -0.4 is 0 Å². The van der Waals surface area contributed by atoms with Gasteiger partial charge in [0.15, 0.2) is 6.54 Å². The Bertz CT molecular complexity index is 987. The third-order valence-corrected chi connectivity index (χ3v) is 5.34. The van der Waals surface area contributed by atoms with Gasteiger partial charge in [-0.05, 0) is 0 Å². The number of carboxylic acids is 1. The number of alkyl halides is 21. The zero-order chi connectivity index (χ0) is 34.8. The summed E-state index contributed by atoms with van der Waals surface area (Å²) < 4.78 is 279. The topological polar surface area (TPSA) is 57.5 Å². The van der Waals surface area contributed by atoms with Crippen LogP contribution in [0.15, 0.2) is 0 Å². The Hall–Kier alpha value is -2.08. The van der Waals surface area contributed by atoms with Gasteiger partial charge in [0, 0.05) is 6.42 Å². The molecule has 0 fully saturated rings. The molecule has 0 aromatic heterocycles. The first kappa shape index (κ1) is 39.9. The maximum absolute atomic E-state index is 13.9. The number of likely N-dealkylation sites (N-methyl/N-ethyl adjacent to an activating group) is 1. The summed E-state index contributed by atoms with van der Waals surface area (Å²) in [6, 6.07) is 0. The van der Waals surface area contributed by atoms with Gasteiger partial charge < -0.3 is 14.7 Å². The number of carbonyl (C=O) groups is 1. The predicted molar refractivity (Wildman–Crippen MR) is 90.7 cm³/mol. The second-order valence-electron chi connectivity index (χ2n) is 9.33. The first-order chi connectivity index (χ1) is 17.8. The summed E-state index contributed by atoms with van der Waals surface area (Å²) in [4.78, 5) is 10.6. The van der Waals surface area contributed by atoms with Crippen LogP contribution in [0.25, 0.3) is 0 Å². The van der Waals surface area contributed by atoms with E-state index < -0.39 is 95.5 Å². The Morgan fingerprint density at radius 1 is 0.548 bits per heavy atom. The lowest BCUT2D eigenvalue weighted by Gasteiger charge is -2.44. The van der Waals surface area contributed by atoms with Crippen LogP contribution in [0.3, 0.4) is 0 Å². The molecule has 0 aliphatic carbocycles. The Balaban J connectivity index is 6.83. The van der Waals surface area contributed by atoms with Crippen LogP contribution >= 0.6 is 0 Å². The maximum atomic E-state index is 13.9. The van der Waals surface area contributed by atoms with E-state index in [1.165, 1.54) is 0 Å². The van der Waals surface area contributed by atoms with Gasteiger partial charge in [0.1, 0.15) is 12.6 Å². The second kappa shape index (κ2) is 10.5. The molecular formula is C17H15F21NO3+. The van der Waals surface area contributed by atoms with Crippen LogP contribution in [0.4, 0.5) is 92.2 Å². The highest BCUT2D eigenvalue weighted by atomic mass is 19.4. The second-order valence-corrected chi connectivity index (χ2v) is 9.33. The first-order valence-electron chi connectivity index (χ1n) is 9.96. The molecule has 0 amide bonds. The molecule has 0 heterocycles. The van der Waals surface area contributed by atoms with Crippen molar-refractivity contribution in [2.24, 2.45) is 0 Å². The Morgan fingerprint density at radius 3 is 1.07 bits per heavy atom. The van der Waals surface area contributed by atoms with E-state index in [1.54, 1.807) is 0 Å². The van der Waals surface area contributed by atoms with Crippen molar-refractivity contribution in [3.63, 3.8) is 0 Å². The lowest BCUT2D eigenvalue weighted by atomic mass is 9.85. The molecule has 0 bridgehead atoms. The fourth-order valence-electron chi connectivity index (χ4n) is 3.08. The summed E-state index contributed by atoms with van der Waals surface area (Å²) in [7, 11) is 1.49. The molecule has 2 N–H and O–H groups in total. The Labute approximate surface area is 218 Å². The van der Waals surface area contributed by atoms with Crippen molar-refractivity contribution in [3.8, 4) is 0 Å². The van der Waals surface area contributed by atoms with Crippen molar-refractivity contribution in [1.82, 2.24) is 0 Å². The molecule has 0 saturated carbocycles. The van der Waals surface area contributed by atoms with Crippen molar-refractivity contribution in [3.05, 3.63) is 0 Å². The molecule has 0 aliphatic rings. The molecule has 0 spiro atoms. The van der Waals surface area contributed by atoms with E-state index in [4.69, 9.17) is 5.11 Å². The largest absolute Gasteiger partial charge is 0.477 e. The molecule has 42 heavy (non-hydrogen) atoms. The number of halogens is 21. The first-order valence-corrected chi connectivity index (χ1v) is 9.96. The minimum atomic E-state index is -9.26. The fraction of sp³-hybridized carbons (Fsp3) is 0.941. The van der Waals surface area contributed by atoms with E-state index in [2.05, 4.69) is 0 Å². The van der Waals surface area contributed by atoms with Crippen LogP contribution in [0, 0.1) is 0 Å². The fourth-order valence-corrected chi connectivity index (χ4v) is 3.08. The number of nitrogens with zero attached hydrogens (tertiary/aromatic N) is 1. The SMILES string of the molecule is C[N+](C)(CC(=O)O)CC(O)CC(F)(F)C(F)(F)C(F)(F)C(F)(F)C(F)(F)C(F)(F)C(F)(F)C(F)(F)C(F)(F)C(F)(F)F. The van der Waals surface area contributed by atoms with Gasteiger partial charge in [-0.1, -0.05) is 0 Å². The molecule has 1 unspecified atom stereocenters. The Kier molecular flexibility index (Phi) is 10.0. The van der Waals surface area contributed by atoms with Crippen LogP contribution in [0.1, 0.15) is 6.42 Å².